The van der Waals surface area contributed by atoms with Crippen LogP contribution in [0.3, 0.4) is 0 Å². The zero-order valence-electron chi connectivity index (χ0n) is 17.1. The number of carboxylic acid groups (broad SMARTS) is 1. The lowest BCUT2D eigenvalue weighted by Gasteiger charge is -2.18. The molecule has 7 heteroatoms. The first-order valence-electron chi connectivity index (χ1n) is 9.21. The summed E-state index contributed by atoms with van der Waals surface area (Å²) >= 11 is 4.37. The number of aliphatic carboxylic acids is 1. The second-order valence-corrected chi connectivity index (χ2v) is 8.24. The van der Waals surface area contributed by atoms with Crippen molar-refractivity contribution in [2.24, 2.45) is 5.41 Å². The summed E-state index contributed by atoms with van der Waals surface area (Å²) in [5.41, 5.74) is 1.96. The number of carbonyl (C=O) groups excluding carboxylic acids is 1. The number of rotatable bonds is 8. The third-order valence-corrected chi connectivity index (χ3v) is 4.35. The van der Waals surface area contributed by atoms with Crippen LogP contribution in [-0.4, -0.2) is 24.1 Å². The van der Waals surface area contributed by atoms with Gasteiger partial charge in [-0.3, -0.25) is 9.59 Å². The Kier molecular flexibility index (Phi) is 7.56. The fraction of sp³-hybridized carbons (Fsp3) is 0.364. The number of carboxylic acids is 1. The van der Waals surface area contributed by atoms with E-state index in [2.05, 4.69) is 17.9 Å². The van der Waals surface area contributed by atoms with E-state index in [0.717, 1.165) is 5.56 Å². The van der Waals surface area contributed by atoms with Crippen LogP contribution in [0, 0.1) is 5.41 Å². The zero-order chi connectivity index (χ0) is 21.6. The number of methoxy groups -OCH3 is 1. The number of carbonyl (C=O) groups is 2. The van der Waals surface area contributed by atoms with Gasteiger partial charge in [0.15, 0.2) is 11.5 Å². The Morgan fingerprint density at radius 3 is 2.34 bits per heavy atom. The minimum Gasteiger partial charge on any atom is -0.493 e. The van der Waals surface area contributed by atoms with Crippen molar-refractivity contribution >= 4 is 30.2 Å². The molecule has 0 saturated carbocycles. The molecule has 0 saturated heterocycles. The second-order valence-electron chi connectivity index (χ2n) is 7.92. The van der Waals surface area contributed by atoms with E-state index in [1.165, 1.54) is 7.11 Å². The Labute approximate surface area is 176 Å². The smallest absolute Gasteiger partial charge is 0.307 e. The van der Waals surface area contributed by atoms with E-state index in [-0.39, 0.29) is 17.7 Å². The van der Waals surface area contributed by atoms with Gasteiger partial charge in [-0.25, -0.2) is 0 Å². The van der Waals surface area contributed by atoms with Crippen LogP contribution < -0.4 is 14.8 Å². The van der Waals surface area contributed by atoms with Gasteiger partial charge in [-0.05, 0) is 41.3 Å². The molecule has 29 heavy (non-hydrogen) atoms. The first kappa shape index (κ1) is 22.6. The summed E-state index contributed by atoms with van der Waals surface area (Å²) in [5, 5.41) is 11.9. The van der Waals surface area contributed by atoms with Gasteiger partial charge < -0.3 is 19.9 Å². The van der Waals surface area contributed by atoms with Crippen LogP contribution in [0.15, 0.2) is 36.4 Å². The van der Waals surface area contributed by atoms with Crippen molar-refractivity contribution < 1.29 is 24.2 Å². The molecule has 156 valence electrons. The normalized spacial score (nSPS) is 11.1. The Hall–Kier alpha value is -2.67. The van der Waals surface area contributed by atoms with Crippen molar-refractivity contribution in [3.8, 4) is 17.2 Å². The number of hydrogen-bond donors (Lipinski definition) is 3. The summed E-state index contributed by atoms with van der Waals surface area (Å²) in [4.78, 5) is 23.2. The SMILES string of the molecule is COc1ccc(CC(=O)O)cc1Oc1ccc(NC(=O)CC(C)(C)C)cc1CS. The lowest BCUT2D eigenvalue weighted by molar-refractivity contribution is -0.136. The van der Waals surface area contributed by atoms with Gasteiger partial charge >= 0.3 is 5.97 Å². The summed E-state index contributed by atoms with van der Waals surface area (Å²) in [6, 6.07) is 10.3. The van der Waals surface area contributed by atoms with E-state index < -0.39 is 5.97 Å². The molecule has 0 spiro atoms. The first-order valence-corrected chi connectivity index (χ1v) is 9.84. The van der Waals surface area contributed by atoms with Crippen molar-refractivity contribution in [1.82, 2.24) is 0 Å². The highest BCUT2D eigenvalue weighted by atomic mass is 32.1. The van der Waals surface area contributed by atoms with Crippen molar-refractivity contribution in [2.75, 3.05) is 12.4 Å². The number of amides is 1. The minimum atomic E-state index is -0.924. The number of ether oxygens (including phenoxy) is 2. The molecule has 0 fully saturated rings. The van der Waals surface area contributed by atoms with Crippen LogP contribution >= 0.6 is 12.6 Å². The van der Waals surface area contributed by atoms with Gasteiger partial charge in [-0.15, -0.1) is 0 Å². The molecular weight excluding hydrogens is 390 g/mol. The summed E-state index contributed by atoms with van der Waals surface area (Å²) in [7, 11) is 1.52. The third kappa shape index (κ3) is 7.02. The maximum absolute atomic E-state index is 12.2. The van der Waals surface area contributed by atoms with Gasteiger partial charge in [0, 0.05) is 23.4 Å². The lowest BCUT2D eigenvalue weighted by Crippen LogP contribution is -2.19. The molecule has 2 rings (SSSR count). The van der Waals surface area contributed by atoms with E-state index in [0.29, 0.717) is 40.7 Å². The maximum Gasteiger partial charge on any atom is 0.307 e. The van der Waals surface area contributed by atoms with Crippen LogP contribution in [-0.2, 0) is 21.8 Å². The molecule has 0 aliphatic heterocycles. The first-order chi connectivity index (χ1) is 13.6. The molecule has 0 aliphatic rings. The van der Waals surface area contributed by atoms with Gasteiger partial charge in [-0.1, -0.05) is 26.8 Å². The molecule has 2 aromatic carbocycles. The van der Waals surface area contributed by atoms with Crippen molar-refractivity contribution in [3.63, 3.8) is 0 Å². The summed E-state index contributed by atoms with van der Waals surface area (Å²) in [5.74, 6) is 0.882. The average molecular weight is 418 g/mol. The monoisotopic (exact) mass is 417 g/mol. The fourth-order valence-electron chi connectivity index (χ4n) is 2.77. The predicted molar refractivity (Wildman–Crippen MR) is 116 cm³/mol. The van der Waals surface area contributed by atoms with E-state index in [1.807, 2.05) is 26.8 Å². The molecule has 6 nitrogen and oxygen atoms in total. The highest BCUT2D eigenvalue weighted by Gasteiger charge is 2.17. The molecule has 0 atom stereocenters. The molecule has 2 N–H and O–H groups in total. The summed E-state index contributed by atoms with van der Waals surface area (Å²) < 4.78 is 11.3. The van der Waals surface area contributed by atoms with Crippen molar-refractivity contribution in [1.29, 1.82) is 0 Å². The average Bonchev–Trinajstić information content (AvgIpc) is 2.61. The Balaban J connectivity index is 2.25. The van der Waals surface area contributed by atoms with Gasteiger partial charge in [0.05, 0.1) is 13.5 Å². The number of anilines is 1. The Bertz CT molecular complexity index is 889. The molecule has 0 aliphatic carbocycles. The van der Waals surface area contributed by atoms with Gasteiger partial charge in [0.25, 0.3) is 0 Å². The summed E-state index contributed by atoms with van der Waals surface area (Å²) in [6.07, 6.45) is 0.299. The largest absolute Gasteiger partial charge is 0.493 e. The number of nitrogens with one attached hydrogen (secondary N) is 1. The van der Waals surface area contributed by atoms with Crippen LogP contribution in [0.2, 0.25) is 0 Å². The molecular formula is C22H27NO5S. The maximum atomic E-state index is 12.2. The zero-order valence-corrected chi connectivity index (χ0v) is 18.0. The van der Waals surface area contributed by atoms with Crippen molar-refractivity contribution in [2.45, 2.75) is 39.4 Å². The fourth-order valence-corrected chi connectivity index (χ4v) is 3.02. The van der Waals surface area contributed by atoms with E-state index in [9.17, 15) is 9.59 Å². The predicted octanol–water partition coefficient (Wildman–Crippen LogP) is 4.92. The Morgan fingerprint density at radius 2 is 1.76 bits per heavy atom. The minimum absolute atomic E-state index is 0.0562. The van der Waals surface area contributed by atoms with Gasteiger partial charge in [0.1, 0.15) is 5.75 Å². The van der Waals surface area contributed by atoms with Crippen LogP contribution in [0.5, 0.6) is 17.2 Å². The lowest BCUT2D eigenvalue weighted by atomic mass is 9.92. The van der Waals surface area contributed by atoms with E-state index >= 15 is 0 Å². The van der Waals surface area contributed by atoms with Gasteiger partial charge in [-0.2, -0.15) is 12.6 Å². The topological polar surface area (TPSA) is 84.9 Å². The number of hydrogen-bond acceptors (Lipinski definition) is 5. The standard InChI is InChI=1S/C22H27NO5S/c1-22(2,3)12-20(24)23-16-6-8-17(15(11-16)13-29)28-19-9-14(10-21(25)26)5-7-18(19)27-4/h5-9,11,29H,10,12-13H2,1-4H3,(H,23,24)(H,25,26). The molecule has 0 aromatic heterocycles. The van der Waals surface area contributed by atoms with E-state index in [1.54, 1.807) is 30.3 Å². The third-order valence-electron chi connectivity index (χ3n) is 4.01. The van der Waals surface area contributed by atoms with Crippen LogP contribution in [0.1, 0.15) is 38.3 Å². The molecule has 0 heterocycles. The molecule has 2 aromatic rings. The highest BCUT2D eigenvalue weighted by molar-refractivity contribution is 7.79. The number of benzene rings is 2. The van der Waals surface area contributed by atoms with Crippen molar-refractivity contribution in [3.05, 3.63) is 47.5 Å². The Morgan fingerprint density at radius 1 is 1.07 bits per heavy atom. The molecule has 0 unspecified atom stereocenters. The van der Waals surface area contributed by atoms with Gasteiger partial charge in [0.2, 0.25) is 5.91 Å². The quantitative estimate of drug-likeness (QED) is 0.531. The van der Waals surface area contributed by atoms with E-state index in [4.69, 9.17) is 14.6 Å². The summed E-state index contributed by atoms with van der Waals surface area (Å²) in [6.45, 7) is 6.03. The molecule has 0 radical (unpaired) electrons. The molecule has 1 amide bonds. The van der Waals surface area contributed by atoms with Crippen LogP contribution in [0.25, 0.3) is 0 Å². The number of thiol groups is 1. The highest BCUT2D eigenvalue weighted by Crippen LogP contribution is 2.35. The molecule has 0 bridgehead atoms. The van der Waals surface area contributed by atoms with Crippen LogP contribution in [0.4, 0.5) is 5.69 Å². The second kappa shape index (κ2) is 9.69.